The number of hydrogen-bond acceptors (Lipinski definition) is 8. The largest absolute Gasteiger partial charge is 0.463 e. The van der Waals surface area contributed by atoms with Crippen molar-refractivity contribution in [3.05, 3.63) is 29.7 Å². The third-order valence-electron chi connectivity index (χ3n) is 6.22. The van der Waals surface area contributed by atoms with Crippen LogP contribution in [0.25, 0.3) is 0 Å². The van der Waals surface area contributed by atoms with Gasteiger partial charge in [-0.2, -0.15) is 0 Å². The Morgan fingerprint density at radius 1 is 1.15 bits per heavy atom. The van der Waals surface area contributed by atoms with E-state index < -0.39 is 41.8 Å². The molecule has 1 aromatic heterocycles. The van der Waals surface area contributed by atoms with Gasteiger partial charge >= 0.3 is 5.97 Å². The van der Waals surface area contributed by atoms with Crippen LogP contribution in [0.3, 0.4) is 0 Å². The molecule has 0 spiro atoms. The monoisotopic (exact) mass is 547 g/mol. The first-order chi connectivity index (χ1) is 18.4. The molecule has 1 aliphatic rings. The van der Waals surface area contributed by atoms with E-state index in [0.29, 0.717) is 25.1 Å². The molecule has 1 fully saturated rings. The predicted molar refractivity (Wildman–Crippen MR) is 142 cm³/mol. The highest BCUT2D eigenvalue weighted by Crippen LogP contribution is 2.18. The van der Waals surface area contributed by atoms with E-state index >= 15 is 0 Å². The molecule has 4 unspecified atom stereocenters. The number of carbonyl (C=O) groups is 5. The first-order valence-electron chi connectivity index (χ1n) is 13.4. The molecule has 1 saturated heterocycles. The van der Waals surface area contributed by atoms with Crippen LogP contribution in [0.5, 0.6) is 0 Å². The van der Waals surface area contributed by atoms with Crippen LogP contribution in [0.2, 0.25) is 0 Å². The standard InChI is InChI=1S/C27H41N5O7/c1-7-38-22(33)9-8-19(14-18-10-11-28-24(18)34)29-25(35)20(12-15(2)3)30-27(37)23(16(4)5)31-26(36)21-13-17(6)39-32-21/h8-9,13,15-16,18-20,23H,7,10-12,14H2,1-6H3,(H,28,34)(H,29,35)(H,30,37)(H,31,36)/b9-8+. The van der Waals surface area contributed by atoms with E-state index in [-0.39, 0.29) is 42.4 Å². The molecule has 2 heterocycles. The number of nitrogens with zero attached hydrogens (tertiary/aromatic N) is 1. The Morgan fingerprint density at radius 2 is 1.87 bits per heavy atom. The van der Waals surface area contributed by atoms with Crippen molar-refractivity contribution in [1.82, 2.24) is 26.4 Å². The van der Waals surface area contributed by atoms with Gasteiger partial charge in [0.15, 0.2) is 5.69 Å². The summed E-state index contributed by atoms with van der Waals surface area (Å²) in [5, 5.41) is 14.8. The van der Waals surface area contributed by atoms with E-state index in [1.165, 1.54) is 18.2 Å². The van der Waals surface area contributed by atoms with Gasteiger partial charge in [0.1, 0.15) is 17.8 Å². The highest BCUT2D eigenvalue weighted by molar-refractivity contribution is 5.97. The molecule has 216 valence electrons. The predicted octanol–water partition coefficient (Wildman–Crippen LogP) is 1.40. The minimum Gasteiger partial charge on any atom is -0.463 e. The third kappa shape index (κ3) is 10.2. The zero-order chi connectivity index (χ0) is 29.1. The van der Waals surface area contributed by atoms with Crippen molar-refractivity contribution >= 4 is 29.6 Å². The number of aromatic nitrogens is 1. The van der Waals surface area contributed by atoms with Crippen LogP contribution in [0.4, 0.5) is 0 Å². The summed E-state index contributed by atoms with van der Waals surface area (Å²) >= 11 is 0. The quantitative estimate of drug-likeness (QED) is 0.200. The molecule has 0 aliphatic carbocycles. The van der Waals surface area contributed by atoms with Gasteiger partial charge in [-0.05, 0) is 44.9 Å². The molecule has 0 aromatic carbocycles. The summed E-state index contributed by atoms with van der Waals surface area (Å²) < 4.78 is 9.88. The van der Waals surface area contributed by atoms with Gasteiger partial charge in [-0.3, -0.25) is 19.2 Å². The van der Waals surface area contributed by atoms with Crippen LogP contribution in [0.1, 0.15) is 70.1 Å². The lowest BCUT2D eigenvalue weighted by Crippen LogP contribution is -2.56. The minimum atomic E-state index is -0.932. The maximum Gasteiger partial charge on any atom is 0.330 e. The van der Waals surface area contributed by atoms with Crippen molar-refractivity contribution in [3.63, 3.8) is 0 Å². The van der Waals surface area contributed by atoms with Crippen molar-refractivity contribution in [2.24, 2.45) is 17.8 Å². The SMILES string of the molecule is CCOC(=O)/C=C/C(CC1CCNC1=O)NC(=O)C(CC(C)C)NC(=O)C(NC(=O)c1cc(C)on1)C(C)C. The molecule has 4 N–H and O–H groups in total. The van der Waals surface area contributed by atoms with Gasteiger partial charge < -0.3 is 30.5 Å². The molecule has 12 nitrogen and oxygen atoms in total. The normalized spacial score (nSPS) is 17.5. The number of esters is 1. The minimum absolute atomic E-state index is 0.0506. The van der Waals surface area contributed by atoms with Crippen LogP contribution in [0, 0.1) is 24.7 Å². The first-order valence-corrected chi connectivity index (χ1v) is 13.4. The lowest BCUT2D eigenvalue weighted by molar-refractivity contribution is -0.137. The van der Waals surface area contributed by atoms with Gasteiger partial charge in [0.25, 0.3) is 5.91 Å². The second-order valence-corrected chi connectivity index (χ2v) is 10.4. The Morgan fingerprint density at radius 3 is 2.41 bits per heavy atom. The molecule has 39 heavy (non-hydrogen) atoms. The fraction of sp³-hybridized carbons (Fsp3) is 0.630. The van der Waals surface area contributed by atoms with Gasteiger partial charge in [-0.25, -0.2) is 4.79 Å². The fourth-order valence-corrected chi connectivity index (χ4v) is 4.22. The van der Waals surface area contributed by atoms with E-state index in [1.54, 1.807) is 27.7 Å². The molecule has 12 heteroatoms. The van der Waals surface area contributed by atoms with Crippen LogP contribution in [-0.2, 0) is 23.9 Å². The van der Waals surface area contributed by atoms with Gasteiger partial charge in [0, 0.05) is 30.6 Å². The van der Waals surface area contributed by atoms with Crippen molar-refractivity contribution in [1.29, 1.82) is 0 Å². The van der Waals surface area contributed by atoms with Crippen LogP contribution in [0.15, 0.2) is 22.7 Å². The molecule has 1 aromatic rings. The van der Waals surface area contributed by atoms with Gasteiger partial charge in [0.2, 0.25) is 17.7 Å². The molecular formula is C27H41N5O7. The Hall–Kier alpha value is -3.70. The van der Waals surface area contributed by atoms with Crippen molar-refractivity contribution in [2.75, 3.05) is 13.2 Å². The molecule has 1 aliphatic heterocycles. The number of carbonyl (C=O) groups excluding carboxylic acids is 5. The Kier molecular flexibility index (Phi) is 12.1. The molecule has 4 atom stereocenters. The maximum absolute atomic E-state index is 13.4. The maximum atomic E-state index is 13.4. The highest BCUT2D eigenvalue weighted by Gasteiger charge is 2.32. The summed E-state index contributed by atoms with van der Waals surface area (Å²) in [7, 11) is 0. The average Bonchev–Trinajstić information content (AvgIpc) is 3.47. The second-order valence-electron chi connectivity index (χ2n) is 10.4. The van der Waals surface area contributed by atoms with Crippen molar-refractivity contribution in [2.45, 2.75) is 78.9 Å². The van der Waals surface area contributed by atoms with E-state index in [9.17, 15) is 24.0 Å². The number of rotatable bonds is 14. The lowest BCUT2D eigenvalue weighted by Gasteiger charge is -2.27. The Labute approximate surface area is 229 Å². The number of aryl methyl sites for hydroxylation is 1. The van der Waals surface area contributed by atoms with E-state index in [4.69, 9.17) is 9.26 Å². The summed E-state index contributed by atoms with van der Waals surface area (Å²) in [6.07, 6.45) is 3.97. The fourth-order valence-electron chi connectivity index (χ4n) is 4.22. The van der Waals surface area contributed by atoms with Crippen LogP contribution in [-0.4, -0.2) is 66.0 Å². The molecular weight excluding hydrogens is 506 g/mol. The van der Waals surface area contributed by atoms with Gasteiger partial charge in [-0.15, -0.1) is 0 Å². The van der Waals surface area contributed by atoms with Gasteiger partial charge in [0.05, 0.1) is 6.61 Å². The molecule has 0 radical (unpaired) electrons. The summed E-state index contributed by atoms with van der Waals surface area (Å²) in [4.78, 5) is 63.3. The Bertz CT molecular complexity index is 1050. The van der Waals surface area contributed by atoms with E-state index in [0.717, 1.165) is 0 Å². The third-order valence-corrected chi connectivity index (χ3v) is 6.22. The van der Waals surface area contributed by atoms with Crippen LogP contribution >= 0.6 is 0 Å². The second kappa shape index (κ2) is 15.0. The summed E-state index contributed by atoms with van der Waals surface area (Å²) in [6.45, 7) is 11.5. The first kappa shape index (κ1) is 31.5. The lowest BCUT2D eigenvalue weighted by atomic mass is 9.96. The molecule has 4 amide bonds. The number of ether oxygens (including phenoxy) is 1. The number of amides is 4. The smallest absolute Gasteiger partial charge is 0.330 e. The summed E-state index contributed by atoms with van der Waals surface area (Å²) in [5.41, 5.74) is 0.0506. The number of nitrogens with one attached hydrogen (secondary N) is 4. The summed E-state index contributed by atoms with van der Waals surface area (Å²) in [5.74, 6) is -2.30. The molecule has 0 bridgehead atoms. The zero-order valence-electron chi connectivity index (χ0n) is 23.5. The molecule has 2 rings (SSSR count). The van der Waals surface area contributed by atoms with Crippen LogP contribution < -0.4 is 21.3 Å². The van der Waals surface area contributed by atoms with Gasteiger partial charge in [-0.1, -0.05) is 38.9 Å². The average molecular weight is 548 g/mol. The van der Waals surface area contributed by atoms with E-state index in [1.807, 2.05) is 13.8 Å². The van der Waals surface area contributed by atoms with Crippen molar-refractivity contribution < 1.29 is 33.2 Å². The zero-order valence-corrected chi connectivity index (χ0v) is 23.5. The molecule has 0 saturated carbocycles. The Balaban J connectivity index is 2.17. The van der Waals surface area contributed by atoms with Crippen molar-refractivity contribution in [3.8, 4) is 0 Å². The summed E-state index contributed by atoms with van der Waals surface area (Å²) in [6, 6.07) is -1.02. The number of hydrogen-bond donors (Lipinski definition) is 4. The topological polar surface area (TPSA) is 169 Å². The van der Waals surface area contributed by atoms with E-state index in [2.05, 4.69) is 26.4 Å². The highest BCUT2D eigenvalue weighted by atomic mass is 16.5.